The van der Waals surface area contributed by atoms with Crippen LogP contribution in [0, 0.1) is 0 Å². The number of rotatable bonds is 6. The molecule has 2 aromatic carbocycles. The Labute approximate surface area is 172 Å². The van der Waals surface area contributed by atoms with E-state index >= 15 is 0 Å². The maximum absolute atomic E-state index is 12.5. The van der Waals surface area contributed by atoms with Crippen LogP contribution in [-0.2, 0) is 21.4 Å². The third-order valence-corrected chi connectivity index (χ3v) is 6.07. The van der Waals surface area contributed by atoms with Gasteiger partial charge >= 0.3 is 5.76 Å². The summed E-state index contributed by atoms with van der Waals surface area (Å²) in [7, 11) is -3.77. The first-order valence-electron chi connectivity index (χ1n) is 9.47. The second-order valence-corrected chi connectivity index (χ2v) is 8.53. The van der Waals surface area contributed by atoms with Crippen molar-refractivity contribution < 1.29 is 17.6 Å². The minimum absolute atomic E-state index is 0.0233. The van der Waals surface area contributed by atoms with E-state index in [1.54, 1.807) is 36.4 Å². The molecule has 1 aromatic heterocycles. The first kappa shape index (κ1) is 19.9. The quantitative estimate of drug-likeness (QED) is 0.622. The first-order chi connectivity index (χ1) is 14.4. The molecule has 1 aliphatic rings. The normalized spacial score (nSPS) is 13.9. The average molecular weight is 428 g/mol. The summed E-state index contributed by atoms with van der Waals surface area (Å²) in [6, 6.07) is 13.0. The molecule has 0 saturated heterocycles. The van der Waals surface area contributed by atoms with Crippen molar-refractivity contribution >= 4 is 38.6 Å². The molecule has 2 heterocycles. The standard InChI is InChI=1S/C20H20N4O5S/c25-19(10-12-24-16-7-1-2-8-17(16)29-20(24)26)22-14-5-3-6-15(13-14)30(27,28)23-18-9-4-11-21-18/h1-3,5-8,13H,4,9-12H2,(H,21,23)(H,22,25). The molecule has 3 aromatic rings. The maximum atomic E-state index is 12.5. The number of nitrogens with one attached hydrogen (secondary N) is 2. The van der Waals surface area contributed by atoms with Crippen LogP contribution in [0.3, 0.4) is 0 Å². The third kappa shape index (κ3) is 4.28. The van der Waals surface area contributed by atoms with Gasteiger partial charge in [0.1, 0.15) is 5.84 Å². The first-order valence-corrected chi connectivity index (χ1v) is 11.0. The van der Waals surface area contributed by atoms with Crippen molar-refractivity contribution in [2.45, 2.75) is 30.7 Å². The van der Waals surface area contributed by atoms with Crippen LogP contribution >= 0.6 is 0 Å². The Balaban J connectivity index is 1.43. The van der Waals surface area contributed by atoms with Gasteiger partial charge in [0.2, 0.25) is 5.91 Å². The van der Waals surface area contributed by atoms with E-state index in [0.717, 1.165) is 6.42 Å². The van der Waals surface area contributed by atoms with Gasteiger partial charge in [0.25, 0.3) is 10.0 Å². The molecule has 0 unspecified atom stereocenters. The van der Waals surface area contributed by atoms with Gasteiger partial charge in [-0.05, 0) is 36.8 Å². The summed E-state index contributed by atoms with van der Waals surface area (Å²) in [5.41, 5.74) is 1.42. The van der Waals surface area contributed by atoms with Crippen molar-refractivity contribution in [3.8, 4) is 0 Å². The van der Waals surface area contributed by atoms with E-state index in [1.165, 1.54) is 16.7 Å². The highest BCUT2D eigenvalue weighted by molar-refractivity contribution is 7.90. The minimum atomic E-state index is -3.77. The molecule has 1 aliphatic heterocycles. The molecule has 2 N–H and O–H groups in total. The fourth-order valence-corrected chi connectivity index (χ4v) is 4.37. The molecule has 0 aliphatic carbocycles. The number of oxazole rings is 1. The van der Waals surface area contributed by atoms with Crippen molar-refractivity contribution in [3.63, 3.8) is 0 Å². The zero-order chi connectivity index (χ0) is 21.1. The number of benzene rings is 2. The highest BCUT2D eigenvalue weighted by atomic mass is 32.2. The molecule has 30 heavy (non-hydrogen) atoms. The number of aliphatic imine (C=N–C) groups is 1. The Hall–Kier alpha value is -3.40. The second kappa shape index (κ2) is 8.15. The van der Waals surface area contributed by atoms with Crippen LogP contribution in [0.25, 0.3) is 11.1 Å². The third-order valence-electron chi connectivity index (χ3n) is 4.69. The van der Waals surface area contributed by atoms with E-state index in [-0.39, 0.29) is 23.8 Å². The van der Waals surface area contributed by atoms with Crippen LogP contribution in [0.4, 0.5) is 5.69 Å². The molecule has 0 radical (unpaired) electrons. The highest BCUT2D eigenvalue weighted by Crippen LogP contribution is 2.17. The minimum Gasteiger partial charge on any atom is -0.408 e. The summed E-state index contributed by atoms with van der Waals surface area (Å²) >= 11 is 0. The lowest BCUT2D eigenvalue weighted by molar-refractivity contribution is -0.116. The molecule has 9 nitrogen and oxygen atoms in total. The predicted molar refractivity (Wildman–Crippen MR) is 112 cm³/mol. The maximum Gasteiger partial charge on any atom is 0.419 e. The fourth-order valence-electron chi connectivity index (χ4n) is 3.24. The lowest BCUT2D eigenvalue weighted by atomic mass is 10.3. The molecule has 4 rings (SSSR count). The zero-order valence-corrected chi connectivity index (χ0v) is 16.8. The number of carbonyl (C=O) groups excluding carboxylic acids is 1. The molecular weight excluding hydrogens is 408 g/mol. The Kier molecular flexibility index (Phi) is 5.40. The molecule has 0 bridgehead atoms. The van der Waals surface area contributed by atoms with Gasteiger partial charge in [0.05, 0.1) is 10.4 Å². The van der Waals surface area contributed by atoms with Crippen LogP contribution in [0.15, 0.2) is 67.6 Å². The van der Waals surface area contributed by atoms with E-state index < -0.39 is 15.8 Å². The molecule has 156 valence electrons. The Bertz CT molecular complexity index is 1290. The summed E-state index contributed by atoms with van der Waals surface area (Å²) in [5.74, 6) is -0.435. The summed E-state index contributed by atoms with van der Waals surface area (Å²) < 4.78 is 34.1. The summed E-state index contributed by atoms with van der Waals surface area (Å²) in [6.07, 6.45) is 1.44. The number of hydrogen-bond donors (Lipinski definition) is 2. The SMILES string of the molecule is O=C(CCn1c(=O)oc2ccccc21)Nc1cccc(S(=O)(=O)NC2=NCCC2)c1. The van der Waals surface area contributed by atoms with Crippen LogP contribution < -0.4 is 15.8 Å². The van der Waals surface area contributed by atoms with Gasteiger partial charge in [-0.25, -0.2) is 13.2 Å². The smallest absolute Gasteiger partial charge is 0.408 e. The number of fused-ring (bicyclic) bond motifs is 1. The van der Waals surface area contributed by atoms with Crippen molar-refractivity contribution in [2.24, 2.45) is 4.99 Å². The van der Waals surface area contributed by atoms with E-state index in [0.29, 0.717) is 35.6 Å². The molecule has 0 fully saturated rings. The van der Waals surface area contributed by atoms with E-state index in [4.69, 9.17) is 4.42 Å². The number of sulfonamides is 1. The van der Waals surface area contributed by atoms with Crippen LogP contribution in [0.1, 0.15) is 19.3 Å². The van der Waals surface area contributed by atoms with Crippen molar-refractivity contribution in [2.75, 3.05) is 11.9 Å². The van der Waals surface area contributed by atoms with Crippen molar-refractivity contribution in [1.29, 1.82) is 0 Å². The molecule has 10 heteroatoms. The van der Waals surface area contributed by atoms with E-state index in [1.807, 2.05) is 0 Å². The number of aromatic nitrogens is 1. The molecule has 1 amide bonds. The Morgan fingerprint density at radius 3 is 2.80 bits per heavy atom. The van der Waals surface area contributed by atoms with E-state index in [2.05, 4.69) is 15.0 Å². The lowest BCUT2D eigenvalue weighted by Crippen LogP contribution is -2.29. The lowest BCUT2D eigenvalue weighted by Gasteiger charge is -2.10. The van der Waals surface area contributed by atoms with Crippen molar-refractivity contribution in [3.05, 3.63) is 59.1 Å². The summed E-state index contributed by atoms with van der Waals surface area (Å²) in [5, 5.41) is 2.67. The number of para-hydroxylation sites is 2. The largest absolute Gasteiger partial charge is 0.419 e. The molecule has 0 atom stereocenters. The number of aryl methyl sites for hydroxylation is 1. The molecule has 0 saturated carbocycles. The number of hydrogen-bond acceptors (Lipinski definition) is 6. The number of amidine groups is 1. The van der Waals surface area contributed by atoms with Crippen LogP contribution in [0.5, 0.6) is 0 Å². The fraction of sp³-hybridized carbons (Fsp3) is 0.250. The van der Waals surface area contributed by atoms with Gasteiger partial charge < -0.3 is 9.73 Å². The number of amides is 1. The summed E-state index contributed by atoms with van der Waals surface area (Å²) in [6.45, 7) is 0.754. The Morgan fingerprint density at radius 2 is 2.00 bits per heavy atom. The number of carbonyl (C=O) groups is 1. The van der Waals surface area contributed by atoms with Gasteiger partial charge in [-0.1, -0.05) is 18.2 Å². The van der Waals surface area contributed by atoms with Crippen molar-refractivity contribution in [1.82, 2.24) is 9.29 Å². The topological polar surface area (TPSA) is 123 Å². The van der Waals surface area contributed by atoms with Crippen LogP contribution in [-0.4, -0.2) is 31.3 Å². The molecular formula is C20H20N4O5S. The second-order valence-electron chi connectivity index (χ2n) is 6.85. The highest BCUT2D eigenvalue weighted by Gasteiger charge is 2.19. The average Bonchev–Trinajstić information content (AvgIpc) is 3.33. The van der Waals surface area contributed by atoms with Crippen LogP contribution in [0.2, 0.25) is 0 Å². The number of anilines is 1. The zero-order valence-electron chi connectivity index (χ0n) is 16.0. The van der Waals surface area contributed by atoms with Gasteiger partial charge in [-0.3, -0.25) is 19.1 Å². The van der Waals surface area contributed by atoms with E-state index in [9.17, 15) is 18.0 Å². The molecule has 0 spiro atoms. The Morgan fingerprint density at radius 1 is 1.17 bits per heavy atom. The summed E-state index contributed by atoms with van der Waals surface area (Å²) in [4.78, 5) is 28.5. The predicted octanol–water partition coefficient (Wildman–Crippen LogP) is 2.09. The van der Waals surface area contributed by atoms with Gasteiger partial charge in [-0.15, -0.1) is 0 Å². The van der Waals surface area contributed by atoms with Gasteiger partial charge in [-0.2, -0.15) is 0 Å². The number of nitrogens with zero attached hydrogens (tertiary/aromatic N) is 2. The monoisotopic (exact) mass is 428 g/mol. The van der Waals surface area contributed by atoms with Gasteiger partial charge in [0, 0.05) is 31.6 Å². The van der Waals surface area contributed by atoms with Gasteiger partial charge in [0.15, 0.2) is 5.58 Å².